The minimum Gasteiger partial charge on any atom is -0.355 e. The molecule has 26 heavy (non-hydrogen) atoms. The van der Waals surface area contributed by atoms with Gasteiger partial charge in [-0.05, 0) is 50.1 Å². The van der Waals surface area contributed by atoms with Gasteiger partial charge in [0.15, 0.2) is 0 Å². The fraction of sp³-hybridized carbons (Fsp3) is 0.368. The van der Waals surface area contributed by atoms with Crippen molar-refractivity contribution < 1.29 is 4.79 Å². The van der Waals surface area contributed by atoms with Crippen molar-refractivity contribution in [2.24, 2.45) is 0 Å². The molecule has 0 aliphatic carbocycles. The molecule has 1 aromatic carbocycles. The van der Waals surface area contributed by atoms with Crippen molar-refractivity contribution >= 4 is 22.8 Å². The summed E-state index contributed by atoms with van der Waals surface area (Å²) >= 11 is 0. The lowest BCUT2D eigenvalue weighted by atomic mass is 10.0. The molecule has 1 fully saturated rings. The Morgan fingerprint density at radius 1 is 1.23 bits per heavy atom. The number of aromatic nitrogens is 4. The normalized spacial score (nSPS) is 17.5. The molecule has 0 radical (unpaired) electrons. The molecule has 0 bridgehead atoms. The van der Waals surface area contributed by atoms with Crippen LogP contribution in [-0.4, -0.2) is 57.4 Å². The Labute approximate surface area is 152 Å². The lowest BCUT2D eigenvalue weighted by Gasteiger charge is -2.38. The summed E-state index contributed by atoms with van der Waals surface area (Å²) in [5.74, 6) is 0.999. The number of piperidine rings is 1. The van der Waals surface area contributed by atoms with Crippen molar-refractivity contribution in [2.45, 2.75) is 25.8 Å². The lowest BCUT2D eigenvalue weighted by molar-refractivity contribution is 0.0717. The predicted octanol–water partition coefficient (Wildman–Crippen LogP) is 2.40. The fourth-order valence-corrected chi connectivity index (χ4v) is 3.53. The number of rotatable bonds is 3. The third-order valence-electron chi connectivity index (χ3n) is 5.03. The number of likely N-dealkylation sites (N-methyl/N-ethyl adjacent to an activating group) is 1. The van der Waals surface area contributed by atoms with Gasteiger partial charge in [-0.2, -0.15) is 15.4 Å². The van der Waals surface area contributed by atoms with Crippen molar-refractivity contribution in [2.75, 3.05) is 25.0 Å². The van der Waals surface area contributed by atoms with Gasteiger partial charge in [0.2, 0.25) is 0 Å². The molecule has 3 aromatic rings. The molecule has 1 aliphatic rings. The molecule has 2 aromatic heterocycles. The van der Waals surface area contributed by atoms with Gasteiger partial charge in [-0.3, -0.25) is 4.79 Å². The second-order valence-corrected chi connectivity index (χ2v) is 6.82. The van der Waals surface area contributed by atoms with Crippen molar-refractivity contribution in [1.29, 1.82) is 0 Å². The van der Waals surface area contributed by atoms with Crippen LogP contribution in [-0.2, 0) is 0 Å². The number of aryl methyl sites for hydroxylation is 1. The number of nitrogens with zero attached hydrogens (tertiary/aromatic N) is 5. The maximum Gasteiger partial charge on any atom is 0.253 e. The Balaban J connectivity index is 1.51. The molecule has 3 heterocycles. The van der Waals surface area contributed by atoms with Crippen LogP contribution in [0, 0.1) is 6.92 Å². The molecule has 134 valence electrons. The SMILES string of the molecule is Cc1cccc(N2CCCC(N(C)C(=O)c3ccc4n[nH]nc4c3)C2)n1. The minimum atomic E-state index is 0.0129. The first-order valence-electron chi connectivity index (χ1n) is 8.88. The highest BCUT2D eigenvalue weighted by Gasteiger charge is 2.27. The summed E-state index contributed by atoms with van der Waals surface area (Å²) in [5.41, 5.74) is 3.12. The standard InChI is InChI=1S/C19H22N6O/c1-13-5-3-7-18(20-13)25-10-4-6-15(12-25)24(2)19(26)14-8-9-16-17(11-14)22-23-21-16/h3,5,7-9,11,15H,4,6,10,12H2,1-2H3,(H,21,22,23). The van der Waals surface area contributed by atoms with Crippen LogP contribution < -0.4 is 4.90 Å². The zero-order valence-electron chi connectivity index (χ0n) is 15.0. The summed E-state index contributed by atoms with van der Waals surface area (Å²) in [6, 6.07) is 11.7. The molecule has 1 amide bonds. The Morgan fingerprint density at radius 2 is 2.08 bits per heavy atom. The lowest BCUT2D eigenvalue weighted by Crippen LogP contribution is -2.48. The molecular formula is C19H22N6O. The number of amides is 1. The van der Waals surface area contributed by atoms with Gasteiger partial charge in [0.25, 0.3) is 5.91 Å². The maximum absolute atomic E-state index is 12.9. The molecule has 1 N–H and O–H groups in total. The molecule has 7 nitrogen and oxygen atoms in total. The van der Waals surface area contributed by atoms with Gasteiger partial charge in [0.1, 0.15) is 16.9 Å². The molecule has 7 heteroatoms. The quantitative estimate of drug-likeness (QED) is 0.785. The molecule has 1 unspecified atom stereocenters. The second-order valence-electron chi connectivity index (χ2n) is 6.82. The van der Waals surface area contributed by atoms with Gasteiger partial charge in [-0.25, -0.2) is 4.98 Å². The Morgan fingerprint density at radius 3 is 2.92 bits per heavy atom. The number of aromatic amines is 1. The highest BCUT2D eigenvalue weighted by atomic mass is 16.2. The van der Waals surface area contributed by atoms with Crippen LogP contribution in [0.25, 0.3) is 11.0 Å². The summed E-state index contributed by atoms with van der Waals surface area (Å²) in [6.07, 6.45) is 2.04. The predicted molar refractivity (Wildman–Crippen MR) is 100 cm³/mol. The van der Waals surface area contributed by atoms with E-state index >= 15 is 0 Å². The number of nitrogens with one attached hydrogen (secondary N) is 1. The smallest absolute Gasteiger partial charge is 0.253 e. The number of hydrogen-bond donors (Lipinski definition) is 1. The van der Waals surface area contributed by atoms with Crippen molar-refractivity contribution in [3.63, 3.8) is 0 Å². The molecule has 1 aliphatic heterocycles. The van der Waals surface area contributed by atoms with E-state index in [1.54, 1.807) is 6.07 Å². The fourth-order valence-electron chi connectivity index (χ4n) is 3.53. The van der Waals surface area contributed by atoms with E-state index in [9.17, 15) is 4.79 Å². The maximum atomic E-state index is 12.9. The highest BCUT2D eigenvalue weighted by Crippen LogP contribution is 2.22. The number of hydrogen-bond acceptors (Lipinski definition) is 5. The number of carbonyl (C=O) groups is 1. The number of benzene rings is 1. The topological polar surface area (TPSA) is 78.0 Å². The third-order valence-corrected chi connectivity index (χ3v) is 5.03. The zero-order chi connectivity index (χ0) is 18.1. The Hall–Kier alpha value is -2.96. The van der Waals surface area contributed by atoms with Crippen LogP contribution in [0.5, 0.6) is 0 Å². The number of carbonyl (C=O) groups excluding carboxylic acids is 1. The van der Waals surface area contributed by atoms with E-state index in [2.05, 4.69) is 25.3 Å². The average molecular weight is 350 g/mol. The van der Waals surface area contributed by atoms with E-state index in [1.807, 2.05) is 49.2 Å². The summed E-state index contributed by atoms with van der Waals surface area (Å²) in [6.45, 7) is 3.77. The van der Waals surface area contributed by atoms with Crippen LogP contribution >= 0.6 is 0 Å². The molecule has 0 spiro atoms. The third kappa shape index (κ3) is 3.12. The van der Waals surface area contributed by atoms with Gasteiger partial charge in [0, 0.05) is 37.4 Å². The van der Waals surface area contributed by atoms with Crippen LogP contribution in [0.1, 0.15) is 28.9 Å². The monoisotopic (exact) mass is 350 g/mol. The van der Waals surface area contributed by atoms with Crippen molar-refractivity contribution in [3.05, 3.63) is 47.7 Å². The number of pyridine rings is 1. The van der Waals surface area contributed by atoms with Crippen molar-refractivity contribution in [1.82, 2.24) is 25.3 Å². The number of anilines is 1. The van der Waals surface area contributed by atoms with Gasteiger partial charge in [-0.15, -0.1) is 0 Å². The van der Waals surface area contributed by atoms with Crippen LogP contribution in [0.3, 0.4) is 0 Å². The number of H-pyrrole nitrogens is 1. The van der Waals surface area contributed by atoms with Gasteiger partial charge in [-0.1, -0.05) is 6.07 Å². The molecule has 4 rings (SSSR count). The van der Waals surface area contributed by atoms with Crippen LogP contribution in [0.2, 0.25) is 0 Å². The van der Waals surface area contributed by atoms with Gasteiger partial charge >= 0.3 is 0 Å². The Kier molecular flexibility index (Phi) is 4.28. The van der Waals surface area contributed by atoms with E-state index in [4.69, 9.17) is 0 Å². The van der Waals surface area contributed by atoms with Crippen LogP contribution in [0.15, 0.2) is 36.4 Å². The first-order chi connectivity index (χ1) is 12.6. The minimum absolute atomic E-state index is 0.0129. The highest BCUT2D eigenvalue weighted by molar-refractivity contribution is 5.97. The van der Waals surface area contributed by atoms with Crippen molar-refractivity contribution in [3.8, 4) is 0 Å². The van der Waals surface area contributed by atoms with E-state index in [1.165, 1.54) is 0 Å². The summed E-state index contributed by atoms with van der Waals surface area (Å²) in [4.78, 5) is 21.7. The van der Waals surface area contributed by atoms with Gasteiger partial charge in [0.05, 0.1) is 0 Å². The Bertz CT molecular complexity index is 936. The summed E-state index contributed by atoms with van der Waals surface area (Å²) < 4.78 is 0. The largest absolute Gasteiger partial charge is 0.355 e. The first kappa shape index (κ1) is 16.5. The van der Waals surface area contributed by atoms with E-state index in [-0.39, 0.29) is 11.9 Å². The second kappa shape index (κ2) is 6.74. The molecule has 1 saturated heterocycles. The van der Waals surface area contributed by atoms with E-state index < -0.39 is 0 Å². The molecule has 1 atom stereocenters. The van der Waals surface area contributed by atoms with E-state index in [0.717, 1.165) is 43.0 Å². The number of fused-ring (bicyclic) bond motifs is 1. The average Bonchev–Trinajstić information content (AvgIpc) is 3.14. The molecule has 0 saturated carbocycles. The van der Waals surface area contributed by atoms with Crippen LogP contribution in [0.4, 0.5) is 5.82 Å². The first-order valence-corrected chi connectivity index (χ1v) is 8.88. The van der Waals surface area contributed by atoms with E-state index in [0.29, 0.717) is 11.1 Å². The summed E-state index contributed by atoms with van der Waals surface area (Å²) in [7, 11) is 1.88. The summed E-state index contributed by atoms with van der Waals surface area (Å²) in [5, 5.41) is 10.7. The molecular weight excluding hydrogens is 328 g/mol. The van der Waals surface area contributed by atoms with Gasteiger partial charge < -0.3 is 9.80 Å². The zero-order valence-corrected chi connectivity index (χ0v) is 15.0.